The fourth-order valence-electron chi connectivity index (χ4n) is 2.45. The first-order valence-electron chi connectivity index (χ1n) is 8.37. The van der Waals surface area contributed by atoms with Crippen molar-refractivity contribution in [1.29, 1.82) is 0 Å². The lowest BCUT2D eigenvalue weighted by Crippen LogP contribution is -2.39. The van der Waals surface area contributed by atoms with Gasteiger partial charge in [-0.1, -0.05) is 30.3 Å². The second-order valence-electron chi connectivity index (χ2n) is 5.95. The summed E-state index contributed by atoms with van der Waals surface area (Å²) < 4.78 is 38.1. The van der Waals surface area contributed by atoms with Gasteiger partial charge in [-0.15, -0.1) is 0 Å². The summed E-state index contributed by atoms with van der Waals surface area (Å²) in [5, 5.41) is 19.0. The van der Waals surface area contributed by atoms with Crippen LogP contribution in [0.2, 0.25) is 0 Å². The Bertz CT molecular complexity index is 829. The number of carbonyl (C=O) groups excluding carboxylic acids is 1. The standard InChI is InChI=1S/C18H19F3N4O3/c1-12(13-5-3-2-4-6-13)24-17(26)23-10-9-22-15-8-7-14(18(19,20)21)11-16(15)25(27)28/h2-8,11-12,22H,9-10H2,1H3,(H2,23,24,26). The molecule has 0 heterocycles. The summed E-state index contributed by atoms with van der Waals surface area (Å²) in [4.78, 5) is 22.0. The van der Waals surface area contributed by atoms with Crippen LogP contribution in [-0.4, -0.2) is 24.0 Å². The number of alkyl halides is 3. The molecule has 0 aliphatic carbocycles. The number of amides is 2. The number of nitrogens with zero attached hydrogens (tertiary/aromatic N) is 1. The van der Waals surface area contributed by atoms with E-state index < -0.39 is 28.4 Å². The molecule has 1 atom stereocenters. The first-order valence-corrected chi connectivity index (χ1v) is 8.37. The summed E-state index contributed by atoms with van der Waals surface area (Å²) in [5.41, 5.74) is -0.914. The smallest absolute Gasteiger partial charge is 0.378 e. The summed E-state index contributed by atoms with van der Waals surface area (Å²) in [6.07, 6.45) is -4.67. The third-order valence-electron chi connectivity index (χ3n) is 3.89. The molecule has 0 fully saturated rings. The van der Waals surface area contributed by atoms with Crippen LogP contribution < -0.4 is 16.0 Å². The van der Waals surface area contributed by atoms with E-state index in [0.717, 1.165) is 17.7 Å². The summed E-state index contributed by atoms with van der Waals surface area (Å²) in [6.45, 7) is 2.03. The van der Waals surface area contributed by atoms with Crippen molar-refractivity contribution in [2.45, 2.75) is 19.1 Å². The number of anilines is 1. The Morgan fingerprint density at radius 1 is 1.14 bits per heavy atom. The molecule has 0 saturated carbocycles. The highest BCUT2D eigenvalue weighted by Gasteiger charge is 2.32. The average molecular weight is 396 g/mol. The van der Waals surface area contributed by atoms with Gasteiger partial charge in [-0.2, -0.15) is 13.2 Å². The molecule has 0 radical (unpaired) electrons. The van der Waals surface area contributed by atoms with E-state index in [9.17, 15) is 28.1 Å². The highest BCUT2D eigenvalue weighted by atomic mass is 19.4. The minimum absolute atomic E-state index is 0.0575. The van der Waals surface area contributed by atoms with Crippen LogP contribution in [0.15, 0.2) is 48.5 Å². The van der Waals surface area contributed by atoms with Crippen molar-refractivity contribution in [2.24, 2.45) is 0 Å². The Hall–Kier alpha value is -3.30. The molecule has 0 saturated heterocycles. The Morgan fingerprint density at radius 2 is 1.82 bits per heavy atom. The molecular weight excluding hydrogens is 377 g/mol. The molecule has 10 heteroatoms. The van der Waals surface area contributed by atoms with Gasteiger partial charge >= 0.3 is 12.2 Å². The van der Waals surface area contributed by atoms with E-state index >= 15 is 0 Å². The topological polar surface area (TPSA) is 96.3 Å². The zero-order chi connectivity index (χ0) is 20.7. The molecule has 150 valence electrons. The maximum Gasteiger partial charge on any atom is 0.416 e. The third kappa shape index (κ3) is 5.86. The second-order valence-corrected chi connectivity index (χ2v) is 5.95. The van der Waals surface area contributed by atoms with Crippen molar-refractivity contribution in [1.82, 2.24) is 10.6 Å². The Morgan fingerprint density at radius 3 is 2.43 bits per heavy atom. The van der Waals surface area contributed by atoms with Gasteiger partial charge in [0.05, 0.1) is 16.5 Å². The molecule has 7 nitrogen and oxygen atoms in total. The molecule has 0 aliphatic rings. The van der Waals surface area contributed by atoms with Crippen LogP contribution in [0, 0.1) is 10.1 Å². The number of hydrogen-bond acceptors (Lipinski definition) is 4. The van der Waals surface area contributed by atoms with E-state index in [1.807, 2.05) is 37.3 Å². The zero-order valence-electron chi connectivity index (χ0n) is 14.9. The first-order chi connectivity index (χ1) is 13.2. The molecule has 2 aromatic carbocycles. The number of nitro groups is 1. The first kappa shape index (κ1) is 21.0. The summed E-state index contributed by atoms with van der Waals surface area (Å²) in [6, 6.07) is 10.9. The number of nitro benzene ring substituents is 1. The van der Waals surface area contributed by atoms with Crippen molar-refractivity contribution in [3.8, 4) is 0 Å². The lowest BCUT2D eigenvalue weighted by Gasteiger charge is -2.15. The Kier molecular flexibility index (Phi) is 6.80. The van der Waals surface area contributed by atoms with Crippen molar-refractivity contribution in [3.63, 3.8) is 0 Å². The van der Waals surface area contributed by atoms with Crippen LogP contribution in [0.1, 0.15) is 24.1 Å². The van der Waals surface area contributed by atoms with Crippen molar-refractivity contribution < 1.29 is 22.9 Å². The highest BCUT2D eigenvalue weighted by molar-refractivity contribution is 5.74. The van der Waals surface area contributed by atoms with E-state index in [4.69, 9.17) is 0 Å². The molecule has 2 aromatic rings. The van der Waals surface area contributed by atoms with Crippen molar-refractivity contribution >= 4 is 17.4 Å². The zero-order valence-corrected chi connectivity index (χ0v) is 14.9. The van der Waals surface area contributed by atoms with Crippen LogP contribution in [0.4, 0.5) is 29.3 Å². The number of benzene rings is 2. The Labute approximate surface area is 159 Å². The second kappa shape index (κ2) is 9.07. The fraction of sp³-hybridized carbons (Fsp3) is 0.278. The van der Waals surface area contributed by atoms with Crippen molar-refractivity contribution in [2.75, 3.05) is 18.4 Å². The number of hydrogen-bond donors (Lipinski definition) is 3. The SMILES string of the molecule is CC(NC(=O)NCCNc1ccc(C(F)(F)F)cc1[N+](=O)[O-])c1ccccc1. The van der Waals surface area contributed by atoms with E-state index in [-0.39, 0.29) is 24.8 Å². The van der Waals surface area contributed by atoms with E-state index in [0.29, 0.717) is 6.07 Å². The van der Waals surface area contributed by atoms with Gasteiger partial charge in [-0.3, -0.25) is 10.1 Å². The maximum absolute atomic E-state index is 12.7. The quantitative estimate of drug-likeness (QED) is 0.373. The van der Waals surface area contributed by atoms with Gasteiger partial charge in [0.25, 0.3) is 5.69 Å². The molecule has 0 aromatic heterocycles. The normalized spacial score (nSPS) is 12.1. The van der Waals surface area contributed by atoms with Gasteiger partial charge in [0.2, 0.25) is 0 Å². The molecule has 0 bridgehead atoms. The lowest BCUT2D eigenvalue weighted by atomic mass is 10.1. The largest absolute Gasteiger partial charge is 0.416 e. The minimum Gasteiger partial charge on any atom is -0.378 e. The van der Waals surface area contributed by atoms with Gasteiger partial charge < -0.3 is 16.0 Å². The number of nitrogens with one attached hydrogen (secondary N) is 3. The molecule has 3 N–H and O–H groups in total. The molecule has 2 rings (SSSR count). The summed E-state index contributed by atoms with van der Waals surface area (Å²) in [7, 11) is 0. The van der Waals surface area contributed by atoms with E-state index in [1.54, 1.807) is 0 Å². The summed E-state index contributed by atoms with van der Waals surface area (Å²) >= 11 is 0. The number of urea groups is 1. The van der Waals surface area contributed by atoms with Crippen LogP contribution in [-0.2, 0) is 6.18 Å². The maximum atomic E-state index is 12.7. The average Bonchev–Trinajstić information content (AvgIpc) is 2.65. The number of rotatable bonds is 7. The van der Waals surface area contributed by atoms with Gasteiger partial charge in [-0.25, -0.2) is 4.79 Å². The molecule has 28 heavy (non-hydrogen) atoms. The van der Waals surface area contributed by atoms with Crippen LogP contribution >= 0.6 is 0 Å². The molecule has 0 aliphatic heterocycles. The highest BCUT2D eigenvalue weighted by Crippen LogP contribution is 2.34. The fourth-order valence-corrected chi connectivity index (χ4v) is 2.45. The number of carbonyl (C=O) groups is 1. The molecule has 1 unspecified atom stereocenters. The van der Waals surface area contributed by atoms with Gasteiger partial charge in [-0.05, 0) is 24.6 Å². The van der Waals surface area contributed by atoms with Crippen LogP contribution in [0.3, 0.4) is 0 Å². The van der Waals surface area contributed by atoms with Crippen LogP contribution in [0.5, 0.6) is 0 Å². The van der Waals surface area contributed by atoms with Gasteiger partial charge in [0, 0.05) is 19.2 Å². The summed E-state index contributed by atoms with van der Waals surface area (Å²) in [5.74, 6) is 0. The molecular formula is C18H19F3N4O3. The predicted octanol–water partition coefficient (Wildman–Crippen LogP) is 4.09. The van der Waals surface area contributed by atoms with E-state index in [2.05, 4.69) is 16.0 Å². The number of halogens is 3. The van der Waals surface area contributed by atoms with Crippen LogP contribution in [0.25, 0.3) is 0 Å². The Balaban J connectivity index is 1.86. The predicted molar refractivity (Wildman–Crippen MR) is 98.0 cm³/mol. The molecule has 2 amide bonds. The van der Waals surface area contributed by atoms with Gasteiger partial charge in [0.1, 0.15) is 5.69 Å². The monoisotopic (exact) mass is 396 g/mol. The lowest BCUT2D eigenvalue weighted by molar-refractivity contribution is -0.384. The molecule has 0 spiro atoms. The van der Waals surface area contributed by atoms with E-state index in [1.165, 1.54) is 0 Å². The van der Waals surface area contributed by atoms with Gasteiger partial charge in [0.15, 0.2) is 0 Å². The van der Waals surface area contributed by atoms with Crippen molar-refractivity contribution in [3.05, 3.63) is 69.8 Å². The minimum atomic E-state index is -4.67. The third-order valence-corrected chi connectivity index (χ3v) is 3.89.